The van der Waals surface area contributed by atoms with E-state index in [2.05, 4.69) is 58.8 Å². The van der Waals surface area contributed by atoms with Gasteiger partial charge in [0.05, 0.1) is 16.7 Å². The predicted octanol–water partition coefficient (Wildman–Crippen LogP) is 5.91. The van der Waals surface area contributed by atoms with Gasteiger partial charge >= 0.3 is 0 Å². The van der Waals surface area contributed by atoms with Crippen molar-refractivity contribution in [2.24, 2.45) is 0 Å². The average molecular weight is 389 g/mol. The van der Waals surface area contributed by atoms with Crippen LogP contribution in [-0.4, -0.2) is 22.5 Å². The number of halogens is 1. The zero-order chi connectivity index (χ0) is 18.6. The maximum atomic E-state index is 9.50. The number of benzene rings is 2. The van der Waals surface area contributed by atoms with Crippen molar-refractivity contribution in [3.05, 3.63) is 65.3 Å². The Morgan fingerprint density at radius 1 is 1.15 bits per heavy atom. The highest BCUT2D eigenvalue weighted by atomic mass is 35.5. The molecular weight excluding hydrogens is 364 g/mol. The highest BCUT2D eigenvalue weighted by molar-refractivity contribution is 7.99. The number of hydrogen-bond donors (Lipinski definition) is 2. The van der Waals surface area contributed by atoms with Crippen LogP contribution in [0.5, 0.6) is 0 Å². The van der Waals surface area contributed by atoms with E-state index in [0.29, 0.717) is 0 Å². The van der Waals surface area contributed by atoms with Crippen LogP contribution in [0.15, 0.2) is 54.7 Å². The summed E-state index contributed by atoms with van der Waals surface area (Å²) in [5.41, 5.74) is 3.32. The predicted molar refractivity (Wildman–Crippen MR) is 114 cm³/mol. The van der Waals surface area contributed by atoms with E-state index in [0.717, 1.165) is 30.0 Å². The van der Waals surface area contributed by atoms with Gasteiger partial charge in [0.15, 0.2) is 0 Å². The van der Waals surface area contributed by atoms with Crippen LogP contribution in [0, 0.1) is 0 Å². The topological polar surface area (TPSA) is 37.2 Å². The number of nitrogens with zero attached hydrogens (tertiary/aromatic N) is 1. The largest absolute Gasteiger partial charge is 0.396 e. The van der Waals surface area contributed by atoms with E-state index in [1.54, 1.807) is 11.9 Å². The third kappa shape index (κ3) is 3.46. The molecule has 0 aliphatic rings. The van der Waals surface area contributed by atoms with Gasteiger partial charge in [-0.1, -0.05) is 48.7 Å². The van der Waals surface area contributed by atoms with Crippen LogP contribution >= 0.6 is 23.5 Å². The van der Waals surface area contributed by atoms with Gasteiger partial charge in [-0.3, -0.25) is 0 Å². The number of hydrogen-bond acceptors (Lipinski definition) is 3. The van der Waals surface area contributed by atoms with Gasteiger partial charge in [0, 0.05) is 29.5 Å². The molecule has 0 saturated carbocycles. The molecule has 1 heterocycles. The molecule has 1 aromatic heterocycles. The van der Waals surface area contributed by atoms with Crippen LogP contribution in [0.3, 0.4) is 0 Å². The molecule has 3 aromatic rings. The lowest BCUT2D eigenvalue weighted by atomic mass is 9.82. The minimum Gasteiger partial charge on any atom is -0.396 e. The van der Waals surface area contributed by atoms with Gasteiger partial charge in [-0.05, 0) is 55.2 Å². The van der Waals surface area contributed by atoms with Crippen LogP contribution in [0.2, 0.25) is 5.02 Å². The Morgan fingerprint density at radius 3 is 2.58 bits per heavy atom. The number of aliphatic hydroxyl groups is 1. The SMILES string of the molecule is CCC(CCCO)(c1ccc(Cl)cc1)n1ccc2c(NSC)cccc21. The normalized spacial score (nSPS) is 13.7. The Kier molecular flexibility index (Phi) is 6.17. The van der Waals surface area contributed by atoms with Crippen molar-refractivity contribution < 1.29 is 5.11 Å². The van der Waals surface area contributed by atoms with Crippen LogP contribution in [0.25, 0.3) is 10.9 Å². The van der Waals surface area contributed by atoms with Crippen LogP contribution in [0.1, 0.15) is 31.7 Å². The minimum absolute atomic E-state index is 0.188. The summed E-state index contributed by atoms with van der Waals surface area (Å²) in [7, 11) is 0. The molecule has 1 atom stereocenters. The van der Waals surface area contributed by atoms with Crippen molar-refractivity contribution in [3.8, 4) is 0 Å². The second-order valence-corrected chi connectivity index (χ2v) is 7.50. The lowest BCUT2D eigenvalue weighted by Gasteiger charge is -2.36. The van der Waals surface area contributed by atoms with E-state index in [4.69, 9.17) is 11.6 Å². The van der Waals surface area contributed by atoms with E-state index in [1.165, 1.54) is 16.5 Å². The summed E-state index contributed by atoms with van der Waals surface area (Å²) in [5.74, 6) is 0. The fourth-order valence-electron chi connectivity index (χ4n) is 3.83. The van der Waals surface area contributed by atoms with Crippen molar-refractivity contribution in [2.75, 3.05) is 17.6 Å². The number of nitrogens with one attached hydrogen (secondary N) is 1. The highest BCUT2D eigenvalue weighted by Crippen LogP contribution is 2.39. The van der Waals surface area contributed by atoms with Gasteiger partial charge in [-0.15, -0.1) is 0 Å². The third-order valence-electron chi connectivity index (χ3n) is 5.12. The Bertz CT molecular complexity index is 862. The first-order valence-corrected chi connectivity index (χ1v) is 10.5. The Morgan fingerprint density at radius 2 is 1.92 bits per heavy atom. The Labute approximate surface area is 164 Å². The van der Waals surface area contributed by atoms with Gasteiger partial charge in [-0.25, -0.2) is 0 Å². The van der Waals surface area contributed by atoms with Crippen LogP contribution < -0.4 is 4.72 Å². The minimum atomic E-state index is -0.215. The van der Waals surface area contributed by atoms with E-state index in [-0.39, 0.29) is 12.1 Å². The maximum Gasteiger partial charge on any atom is 0.0695 e. The molecule has 26 heavy (non-hydrogen) atoms. The first-order chi connectivity index (χ1) is 12.7. The van der Waals surface area contributed by atoms with Gasteiger partial charge in [0.25, 0.3) is 0 Å². The molecule has 0 aliphatic heterocycles. The molecule has 5 heteroatoms. The lowest BCUT2D eigenvalue weighted by molar-refractivity contribution is 0.241. The number of aromatic nitrogens is 1. The van der Waals surface area contributed by atoms with E-state index in [9.17, 15) is 5.11 Å². The highest BCUT2D eigenvalue weighted by Gasteiger charge is 2.32. The number of aliphatic hydroxyl groups excluding tert-OH is 1. The molecule has 0 spiro atoms. The van der Waals surface area contributed by atoms with Gasteiger partial charge in [-0.2, -0.15) is 0 Å². The second kappa shape index (κ2) is 8.38. The fourth-order valence-corrected chi connectivity index (χ4v) is 4.35. The molecule has 138 valence electrons. The van der Waals surface area contributed by atoms with Gasteiger partial charge < -0.3 is 14.4 Å². The van der Waals surface area contributed by atoms with E-state index in [1.807, 2.05) is 18.4 Å². The monoisotopic (exact) mass is 388 g/mol. The average Bonchev–Trinajstić information content (AvgIpc) is 3.10. The molecule has 2 aromatic carbocycles. The second-order valence-electron chi connectivity index (χ2n) is 6.45. The molecular formula is C21H25ClN2OS. The molecule has 0 radical (unpaired) electrons. The zero-order valence-corrected chi connectivity index (χ0v) is 16.8. The first-order valence-electron chi connectivity index (χ1n) is 8.92. The van der Waals surface area contributed by atoms with Crippen LogP contribution in [0.4, 0.5) is 5.69 Å². The molecule has 0 saturated heterocycles. The smallest absolute Gasteiger partial charge is 0.0695 e. The van der Waals surface area contributed by atoms with Crippen molar-refractivity contribution in [1.29, 1.82) is 0 Å². The first kappa shape index (κ1) is 19.2. The number of fused-ring (bicyclic) bond motifs is 1. The standard InChI is InChI=1S/C21H25ClN2OS/c1-3-21(13-5-15-25,16-8-10-17(22)11-9-16)24-14-12-18-19(23-26-2)6-4-7-20(18)24/h4,6-12,14,23,25H,3,5,13,15H2,1-2H3. The number of rotatable bonds is 8. The van der Waals surface area contributed by atoms with E-state index >= 15 is 0 Å². The zero-order valence-electron chi connectivity index (χ0n) is 15.2. The summed E-state index contributed by atoms with van der Waals surface area (Å²) in [6.07, 6.45) is 6.75. The van der Waals surface area contributed by atoms with Crippen LogP contribution in [-0.2, 0) is 5.54 Å². The van der Waals surface area contributed by atoms with Crippen molar-refractivity contribution >= 4 is 40.1 Å². The van der Waals surface area contributed by atoms with E-state index < -0.39 is 0 Å². The summed E-state index contributed by atoms with van der Waals surface area (Å²) in [4.78, 5) is 0. The summed E-state index contributed by atoms with van der Waals surface area (Å²) in [5, 5.41) is 11.4. The van der Waals surface area contributed by atoms with Gasteiger partial charge in [0.1, 0.15) is 0 Å². The molecule has 0 amide bonds. The fraction of sp³-hybridized carbons (Fsp3) is 0.333. The molecule has 0 bridgehead atoms. The molecule has 0 aliphatic carbocycles. The molecule has 1 unspecified atom stereocenters. The summed E-state index contributed by atoms with van der Waals surface area (Å²) in [6.45, 7) is 2.40. The summed E-state index contributed by atoms with van der Waals surface area (Å²) < 4.78 is 5.74. The molecule has 3 nitrogen and oxygen atoms in total. The number of anilines is 1. The molecule has 2 N–H and O–H groups in total. The summed E-state index contributed by atoms with van der Waals surface area (Å²) in [6, 6.07) is 16.7. The van der Waals surface area contributed by atoms with Gasteiger partial charge in [0.2, 0.25) is 0 Å². The molecule has 3 rings (SSSR count). The lowest BCUT2D eigenvalue weighted by Crippen LogP contribution is -2.34. The Balaban J connectivity index is 2.20. The maximum absolute atomic E-state index is 9.50. The summed E-state index contributed by atoms with van der Waals surface area (Å²) >= 11 is 7.72. The third-order valence-corrected chi connectivity index (χ3v) is 5.80. The quantitative estimate of drug-likeness (QED) is 0.471. The van der Waals surface area contributed by atoms with Crippen molar-refractivity contribution in [3.63, 3.8) is 0 Å². The van der Waals surface area contributed by atoms with Crippen molar-refractivity contribution in [2.45, 2.75) is 31.7 Å². The Hall–Kier alpha value is -1.62. The van der Waals surface area contributed by atoms with Crippen molar-refractivity contribution in [1.82, 2.24) is 4.57 Å². The molecule has 0 fully saturated rings.